The average molecular weight is 275 g/mol. The van der Waals surface area contributed by atoms with Crippen LogP contribution in [0.4, 0.5) is 10.1 Å². The molecule has 1 aliphatic rings. The molecule has 0 saturated carbocycles. The minimum atomic E-state index is -0.291. The summed E-state index contributed by atoms with van der Waals surface area (Å²) in [7, 11) is 1.69. The monoisotopic (exact) mass is 274 g/mol. The maximum atomic E-state index is 13.6. The fraction of sp³-hybridized carbons (Fsp3) is 0.500. The molecule has 1 aromatic heterocycles. The number of hydrogen-bond donors (Lipinski definition) is 0. The first-order valence-electron chi connectivity index (χ1n) is 4.79. The number of pyridine rings is 1. The predicted molar refractivity (Wildman–Crippen MR) is 59.5 cm³/mol. The summed E-state index contributed by atoms with van der Waals surface area (Å²) in [4.78, 5) is 5.76. The lowest BCUT2D eigenvalue weighted by atomic mass is 10.3. The summed E-state index contributed by atoms with van der Waals surface area (Å²) in [5.74, 6) is -0.291. The second-order valence-corrected chi connectivity index (χ2v) is 4.40. The molecule has 82 valence electrons. The smallest absolute Gasteiger partial charge is 0.165 e. The number of nitrogens with zero attached hydrogens (tertiary/aromatic N) is 2. The molecule has 1 atom stereocenters. The van der Waals surface area contributed by atoms with E-state index in [-0.39, 0.29) is 11.9 Å². The van der Waals surface area contributed by atoms with Gasteiger partial charge in [-0.2, -0.15) is 0 Å². The molecule has 1 fully saturated rings. The Morgan fingerprint density at radius 3 is 3.00 bits per heavy atom. The lowest BCUT2D eigenvalue weighted by Crippen LogP contribution is -2.23. The van der Waals surface area contributed by atoms with Gasteiger partial charge in [0.05, 0.1) is 22.5 Å². The number of methoxy groups -OCH3 is 1. The van der Waals surface area contributed by atoms with Crippen LogP contribution in [-0.2, 0) is 4.74 Å². The Bertz CT molecular complexity index is 341. The first kappa shape index (κ1) is 10.8. The van der Waals surface area contributed by atoms with Gasteiger partial charge in [0.1, 0.15) is 0 Å². The van der Waals surface area contributed by atoms with Gasteiger partial charge in [0.2, 0.25) is 0 Å². The third-order valence-corrected chi connectivity index (χ3v) is 3.20. The van der Waals surface area contributed by atoms with Crippen LogP contribution in [0, 0.1) is 5.82 Å². The fourth-order valence-electron chi connectivity index (χ4n) is 1.83. The fourth-order valence-corrected chi connectivity index (χ4v) is 2.39. The Labute approximate surface area is 96.4 Å². The van der Waals surface area contributed by atoms with Gasteiger partial charge in [0.25, 0.3) is 0 Å². The predicted octanol–water partition coefficient (Wildman–Crippen LogP) is 2.21. The SMILES string of the molecule is CO[C@H]1CCN(c2c(F)cncc2Br)C1. The molecule has 2 rings (SSSR count). The van der Waals surface area contributed by atoms with Crippen molar-refractivity contribution >= 4 is 21.6 Å². The molecule has 1 aliphatic heterocycles. The molecule has 2 heterocycles. The Morgan fingerprint density at radius 2 is 2.40 bits per heavy atom. The highest BCUT2D eigenvalue weighted by atomic mass is 79.9. The Hall–Kier alpha value is -0.680. The Balaban J connectivity index is 2.23. The molecule has 0 spiro atoms. The van der Waals surface area contributed by atoms with E-state index in [4.69, 9.17) is 4.74 Å². The molecule has 0 N–H and O–H groups in total. The molecule has 15 heavy (non-hydrogen) atoms. The second-order valence-electron chi connectivity index (χ2n) is 3.54. The van der Waals surface area contributed by atoms with Crippen molar-refractivity contribution in [2.45, 2.75) is 12.5 Å². The van der Waals surface area contributed by atoms with Gasteiger partial charge >= 0.3 is 0 Å². The summed E-state index contributed by atoms with van der Waals surface area (Å²) >= 11 is 3.31. The number of halogens is 2. The van der Waals surface area contributed by atoms with Gasteiger partial charge in [0.15, 0.2) is 5.82 Å². The minimum Gasteiger partial charge on any atom is -0.380 e. The maximum Gasteiger partial charge on any atom is 0.165 e. The zero-order valence-electron chi connectivity index (χ0n) is 8.41. The van der Waals surface area contributed by atoms with Gasteiger partial charge in [0, 0.05) is 26.4 Å². The summed E-state index contributed by atoms with van der Waals surface area (Å²) in [6, 6.07) is 0. The summed E-state index contributed by atoms with van der Waals surface area (Å²) in [5.41, 5.74) is 0.588. The van der Waals surface area contributed by atoms with Gasteiger partial charge in [-0.15, -0.1) is 0 Å². The third kappa shape index (κ3) is 2.13. The number of anilines is 1. The first-order chi connectivity index (χ1) is 7.22. The topological polar surface area (TPSA) is 25.4 Å². The van der Waals surface area contributed by atoms with Crippen molar-refractivity contribution in [3.8, 4) is 0 Å². The first-order valence-corrected chi connectivity index (χ1v) is 5.58. The summed E-state index contributed by atoms with van der Waals surface area (Å²) in [6.45, 7) is 1.55. The van der Waals surface area contributed by atoms with Crippen molar-refractivity contribution in [1.82, 2.24) is 4.98 Å². The van der Waals surface area contributed by atoms with Crippen LogP contribution in [0.2, 0.25) is 0 Å². The molecular formula is C10H12BrFN2O. The van der Waals surface area contributed by atoms with Crippen LogP contribution in [-0.4, -0.2) is 31.3 Å². The van der Waals surface area contributed by atoms with Crippen LogP contribution in [0.15, 0.2) is 16.9 Å². The summed E-state index contributed by atoms with van der Waals surface area (Å²) in [5, 5.41) is 0. The van der Waals surface area contributed by atoms with Crippen LogP contribution in [0.5, 0.6) is 0 Å². The molecule has 0 radical (unpaired) electrons. The second kappa shape index (κ2) is 4.45. The highest BCUT2D eigenvalue weighted by Crippen LogP contribution is 2.31. The van der Waals surface area contributed by atoms with E-state index in [0.29, 0.717) is 10.2 Å². The van der Waals surface area contributed by atoms with E-state index in [0.717, 1.165) is 19.5 Å². The van der Waals surface area contributed by atoms with Crippen LogP contribution in [0.25, 0.3) is 0 Å². The maximum absolute atomic E-state index is 13.6. The van der Waals surface area contributed by atoms with Gasteiger partial charge in [-0.1, -0.05) is 0 Å². The standard InChI is InChI=1S/C10H12BrFN2O/c1-15-7-2-3-14(6-7)10-8(11)4-13-5-9(10)12/h4-5,7H,2-3,6H2,1H3/t7-/m0/s1. The van der Waals surface area contributed by atoms with Crippen molar-refractivity contribution in [3.63, 3.8) is 0 Å². The summed E-state index contributed by atoms with van der Waals surface area (Å²) in [6.07, 6.45) is 3.98. The molecule has 1 saturated heterocycles. The van der Waals surface area contributed by atoms with Crippen molar-refractivity contribution < 1.29 is 9.13 Å². The molecule has 5 heteroatoms. The Morgan fingerprint density at radius 1 is 1.60 bits per heavy atom. The number of hydrogen-bond acceptors (Lipinski definition) is 3. The van der Waals surface area contributed by atoms with E-state index < -0.39 is 0 Å². The minimum absolute atomic E-state index is 0.199. The average Bonchev–Trinajstić information content (AvgIpc) is 2.66. The van der Waals surface area contributed by atoms with Gasteiger partial charge in [-0.25, -0.2) is 4.39 Å². The van der Waals surface area contributed by atoms with E-state index in [1.165, 1.54) is 6.20 Å². The quantitative estimate of drug-likeness (QED) is 0.827. The normalized spacial score (nSPS) is 21.0. The molecular weight excluding hydrogens is 263 g/mol. The van der Waals surface area contributed by atoms with E-state index in [9.17, 15) is 4.39 Å². The summed E-state index contributed by atoms with van der Waals surface area (Å²) < 4.78 is 19.5. The molecule has 0 aromatic carbocycles. The van der Waals surface area contributed by atoms with Gasteiger partial charge in [-0.3, -0.25) is 4.98 Å². The Kier molecular flexibility index (Phi) is 3.21. The van der Waals surface area contributed by atoms with E-state index in [1.54, 1.807) is 13.3 Å². The number of aromatic nitrogens is 1. The number of ether oxygens (including phenoxy) is 1. The van der Waals surface area contributed by atoms with Crippen LogP contribution in [0.1, 0.15) is 6.42 Å². The lowest BCUT2D eigenvalue weighted by molar-refractivity contribution is 0.121. The molecule has 0 amide bonds. The van der Waals surface area contributed by atoms with E-state index >= 15 is 0 Å². The van der Waals surface area contributed by atoms with Crippen molar-refractivity contribution in [2.75, 3.05) is 25.1 Å². The third-order valence-electron chi connectivity index (χ3n) is 2.62. The zero-order valence-corrected chi connectivity index (χ0v) is 10.00. The highest BCUT2D eigenvalue weighted by molar-refractivity contribution is 9.10. The lowest BCUT2D eigenvalue weighted by Gasteiger charge is -2.20. The highest BCUT2D eigenvalue weighted by Gasteiger charge is 2.25. The number of rotatable bonds is 2. The molecule has 0 bridgehead atoms. The van der Waals surface area contributed by atoms with Crippen molar-refractivity contribution in [3.05, 3.63) is 22.7 Å². The van der Waals surface area contributed by atoms with Crippen LogP contribution in [0.3, 0.4) is 0 Å². The van der Waals surface area contributed by atoms with Crippen molar-refractivity contribution in [2.24, 2.45) is 0 Å². The zero-order chi connectivity index (χ0) is 10.8. The van der Waals surface area contributed by atoms with Crippen LogP contribution >= 0.6 is 15.9 Å². The van der Waals surface area contributed by atoms with E-state index in [2.05, 4.69) is 20.9 Å². The van der Waals surface area contributed by atoms with Gasteiger partial charge < -0.3 is 9.64 Å². The molecule has 0 aliphatic carbocycles. The van der Waals surface area contributed by atoms with Gasteiger partial charge in [-0.05, 0) is 22.4 Å². The largest absolute Gasteiger partial charge is 0.380 e. The molecule has 0 unspecified atom stereocenters. The van der Waals surface area contributed by atoms with Crippen LogP contribution < -0.4 is 4.90 Å². The molecule has 1 aromatic rings. The van der Waals surface area contributed by atoms with E-state index in [1.807, 2.05) is 4.90 Å². The van der Waals surface area contributed by atoms with Crippen molar-refractivity contribution in [1.29, 1.82) is 0 Å². The molecule has 3 nitrogen and oxygen atoms in total.